The van der Waals surface area contributed by atoms with Crippen LogP contribution in [0.3, 0.4) is 0 Å². The molecule has 0 aromatic heterocycles. The summed E-state index contributed by atoms with van der Waals surface area (Å²) in [6.07, 6.45) is 0.399. The molecule has 0 spiro atoms. The minimum Gasteiger partial charge on any atom is -0.411 e. The maximum Gasteiger partial charge on any atom is 0.171 e. The van der Waals surface area contributed by atoms with Crippen LogP contribution in [0.5, 0.6) is 0 Å². The molecule has 1 saturated heterocycles. The van der Waals surface area contributed by atoms with E-state index >= 15 is 0 Å². The predicted molar refractivity (Wildman–Crippen MR) is 77.6 cm³/mol. The van der Waals surface area contributed by atoms with Crippen molar-refractivity contribution < 1.29 is 9.16 Å². The monoisotopic (exact) mass is 264 g/mol. The van der Waals surface area contributed by atoms with E-state index in [4.69, 9.17) is 9.16 Å². The van der Waals surface area contributed by atoms with Crippen molar-refractivity contribution in [2.24, 2.45) is 0 Å². The first kappa shape index (κ1) is 13.8. The summed E-state index contributed by atoms with van der Waals surface area (Å²) >= 11 is 0. The van der Waals surface area contributed by atoms with Gasteiger partial charge in [-0.3, -0.25) is 0 Å². The number of hydrogen-bond donors (Lipinski definition) is 0. The zero-order chi connectivity index (χ0) is 13.3. The van der Waals surface area contributed by atoms with Crippen molar-refractivity contribution in [3.05, 3.63) is 35.4 Å². The Labute approximate surface area is 112 Å². The molecule has 0 N–H and O–H groups in total. The Kier molecular flexibility index (Phi) is 3.95. The van der Waals surface area contributed by atoms with Gasteiger partial charge in [-0.1, -0.05) is 45.0 Å². The molecule has 3 heteroatoms. The van der Waals surface area contributed by atoms with Gasteiger partial charge >= 0.3 is 0 Å². The number of epoxide rings is 1. The van der Waals surface area contributed by atoms with Crippen LogP contribution in [-0.2, 0) is 14.6 Å². The molecule has 1 aromatic rings. The fourth-order valence-corrected chi connectivity index (χ4v) is 3.22. The van der Waals surface area contributed by atoms with Gasteiger partial charge in [0.25, 0.3) is 0 Å². The molecule has 2 unspecified atom stereocenters. The van der Waals surface area contributed by atoms with Gasteiger partial charge in [-0.05, 0) is 29.6 Å². The summed E-state index contributed by atoms with van der Waals surface area (Å²) in [5, 5.41) is 0. The molecule has 2 rings (SSSR count). The average molecular weight is 264 g/mol. The minimum atomic E-state index is -1.07. The molecular weight excluding hydrogens is 240 g/mol. The zero-order valence-electron chi connectivity index (χ0n) is 12.1. The molecule has 0 aliphatic carbocycles. The third kappa shape index (κ3) is 3.22. The Balaban J connectivity index is 2.35. The van der Waals surface area contributed by atoms with Gasteiger partial charge in [-0.25, -0.2) is 0 Å². The van der Waals surface area contributed by atoms with Crippen LogP contribution in [-0.4, -0.2) is 21.8 Å². The fourth-order valence-electron chi connectivity index (χ4n) is 2.31. The lowest BCUT2D eigenvalue weighted by Crippen LogP contribution is -2.23. The predicted octanol–water partition coefficient (Wildman–Crippen LogP) is 3.42. The maximum atomic E-state index is 6.21. The first-order chi connectivity index (χ1) is 8.39. The van der Waals surface area contributed by atoms with E-state index in [2.05, 4.69) is 58.1 Å². The van der Waals surface area contributed by atoms with E-state index in [1.165, 1.54) is 11.1 Å². The van der Waals surface area contributed by atoms with Crippen molar-refractivity contribution >= 4 is 9.04 Å². The van der Waals surface area contributed by atoms with Crippen LogP contribution in [0.1, 0.15) is 38.0 Å². The molecule has 0 amide bonds. The number of ether oxygens (including phenoxy) is 1. The highest BCUT2D eigenvalue weighted by Gasteiger charge is 2.37. The van der Waals surface area contributed by atoms with Crippen LogP contribution in [0.4, 0.5) is 0 Å². The Morgan fingerprint density at radius 3 is 2.39 bits per heavy atom. The molecule has 2 nitrogen and oxygen atoms in total. The molecule has 18 heavy (non-hydrogen) atoms. The molecule has 1 aliphatic heterocycles. The summed E-state index contributed by atoms with van der Waals surface area (Å²) in [6, 6.07) is 8.63. The van der Waals surface area contributed by atoms with E-state index in [-0.39, 0.29) is 17.6 Å². The zero-order valence-corrected chi connectivity index (χ0v) is 13.2. The number of hydrogen-bond acceptors (Lipinski definition) is 2. The first-order valence-electron chi connectivity index (χ1n) is 6.76. The van der Waals surface area contributed by atoms with Gasteiger partial charge in [0.1, 0.15) is 6.10 Å². The van der Waals surface area contributed by atoms with Gasteiger partial charge in [0, 0.05) is 0 Å². The topological polar surface area (TPSA) is 21.8 Å². The molecule has 0 radical (unpaired) electrons. The van der Waals surface area contributed by atoms with E-state index in [1.54, 1.807) is 0 Å². The summed E-state index contributed by atoms with van der Waals surface area (Å²) in [4.78, 5) is 0. The van der Waals surface area contributed by atoms with Crippen LogP contribution >= 0.6 is 0 Å². The first-order valence-corrected chi connectivity index (χ1v) is 9.54. The van der Waals surface area contributed by atoms with Crippen LogP contribution in [0, 0.1) is 0 Å². The number of benzene rings is 1. The Morgan fingerprint density at radius 1 is 1.28 bits per heavy atom. The summed E-state index contributed by atoms with van der Waals surface area (Å²) in [5.41, 5.74) is 2.83. The SMILES string of the molecule is C[SiH](C)OC(c1ccccc1C(C)(C)C)C1CO1. The number of rotatable bonds is 4. The smallest absolute Gasteiger partial charge is 0.171 e. The summed E-state index contributed by atoms with van der Waals surface area (Å²) in [7, 11) is -1.07. The summed E-state index contributed by atoms with van der Waals surface area (Å²) in [6.45, 7) is 12.0. The molecule has 0 saturated carbocycles. The third-order valence-electron chi connectivity index (χ3n) is 3.19. The van der Waals surface area contributed by atoms with Crippen molar-refractivity contribution in [2.45, 2.75) is 51.5 Å². The minimum absolute atomic E-state index is 0.132. The van der Waals surface area contributed by atoms with Crippen molar-refractivity contribution in [1.82, 2.24) is 0 Å². The van der Waals surface area contributed by atoms with E-state index < -0.39 is 9.04 Å². The lowest BCUT2D eigenvalue weighted by atomic mass is 9.82. The molecular formula is C15H24O2Si. The van der Waals surface area contributed by atoms with Gasteiger partial charge < -0.3 is 9.16 Å². The van der Waals surface area contributed by atoms with Gasteiger partial charge in [0.2, 0.25) is 0 Å². The molecule has 1 aromatic carbocycles. The Morgan fingerprint density at radius 2 is 1.89 bits per heavy atom. The van der Waals surface area contributed by atoms with Gasteiger partial charge in [-0.2, -0.15) is 0 Å². The highest BCUT2D eigenvalue weighted by Crippen LogP contribution is 2.37. The van der Waals surface area contributed by atoms with Crippen molar-refractivity contribution in [3.8, 4) is 0 Å². The Hall–Kier alpha value is -0.643. The van der Waals surface area contributed by atoms with Crippen molar-refractivity contribution in [1.29, 1.82) is 0 Å². The van der Waals surface area contributed by atoms with E-state index in [0.717, 1.165) is 6.61 Å². The van der Waals surface area contributed by atoms with Crippen molar-refractivity contribution in [2.75, 3.05) is 6.61 Å². The summed E-state index contributed by atoms with van der Waals surface area (Å²) < 4.78 is 11.7. The lowest BCUT2D eigenvalue weighted by molar-refractivity contribution is 0.161. The van der Waals surface area contributed by atoms with E-state index in [0.29, 0.717) is 0 Å². The quantitative estimate of drug-likeness (QED) is 0.614. The van der Waals surface area contributed by atoms with Gasteiger partial charge in [0.15, 0.2) is 9.04 Å². The molecule has 2 atom stereocenters. The molecule has 1 aliphatic rings. The lowest BCUT2D eigenvalue weighted by Gasteiger charge is -2.28. The second-order valence-electron chi connectivity index (χ2n) is 6.31. The van der Waals surface area contributed by atoms with Crippen LogP contribution in [0.25, 0.3) is 0 Å². The normalized spacial score (nSPS) is 21.1. The second-order valence-corrected chi connectivity index (χ2v) is 8.68. The molecule has 1 heterocycles. The standard InChI is InChI=1S/C15H24O2Si/c1-15(2,3)12-9-7-6-8-11(12)14(13-10-16-13)17-18(4)5/h6-9,13-14,18H,10H2,1-5H3. The molecule has 0 bridgehead atoms. The highest BCUT2D eigenvalue weighted by atomic mass is 28.3. The van der Waals surface area contributed by atoms with Gasteiger partial charge in [0.05, 0.1) is 12.7 Å². The summed E-state index contributed by atoms with van der Waals surface area (Å²) in [5.74, 6) is 0. The van der Waals surface area contributed by atoms with Crippen LogP contribution in [0.15, 0.2) is 24.3 Å². The molecule has 1 fully saturated rings. The van der Waals surface area contributed by atoms with Crippen LogP contribution < -0.4 is 0 Å². The maximum absolute atomic E-state index is 6.21. The fraction of sp³-hybridized carbons (Fsp3) is 0.600. The largest absolute Gasteiger partial charge is 0.411 e. The molecule has 100 valence electrons. The second kappa shape index (κ2) is 5.15. The highest BCUT2D eigenvalue weighted by molar-refractivity contribution is 6.48. The third-order valence-corrected chi connectivity index (χ3v) is 4.03. The van der Waals surface area contributed by atoms with Gasteiger partial charge in [-0.15, -0.1) is 0 Å². The van der Waals surface area contributed by atoms with Crippen molar-refractivity contribution in [3.63, 3.8) is 0 Å². The Bertz CT molecular complexity index is 405. The average Bonchev–Trinajstić information content (AvgIpc) is 3.08. The van der Waals surface area contributed by atoms with E-state index in [1.807, 2.05) is 0 Å². The van der Waals surface area contributed by atoms with E-state index in [9.17, 15) is 0 Å². The van der Waals surface area contributed by atoms with Crippen LogP contribution in [0.2, 0.25) is 13.1 Å².